The second kappa shape index (κ2) is 6.91. The van der Waals surface area contributed by atoms with Crippen molar-refractivity contribution in [3.05, 3.63) is 29.8 Å². The first-order chi connectivity index (χ1) is 8.09. The Morgan fingerprint density at radius 3 is 2.71 bits per heavy atom. The fourth-order valence-corrected chi connectivity index (χ4v) is 1.44. The van der Waals surface area contributed by atoms with E-state index >= 15 is 0 Å². The first-order valence-electron chi connectivity index (χ1n) is 5.75. The van der Waals surface area contributed by atoms with Crippen molar-refractivity contribution in [3.8, 4) is 5.75 Å². The Bertz CT molecular complexity index is 364. The molecule has 0 aromatic heterocycles. The van der Waals surface area contributed by atoms with Crippen LogP contribution in [0.1, 0.15) is 18.4 Å². The Morgan fingerprint density at radius 2 is 2.06 bits per heavy atom. The summed E-state index contributed by atoms with van der Waals surface area (Å²) in [6.07, 6.45) is 1.19. The standard InChI is InChI=1S/C13H20N2O2/c1-11-7-4-5-8-12(11)17-10-6-9-13(16)14-15(2)3/h4-5,7-8H,6,9-10H2,1-3H3,(H,14,16). The van der Waals surface area contributed by atoms with E-state index in [1.54, 1.807) is 19.1 Å². The van der Waals surface area contributed by atoms with Gasteiger partial charge in [0.1, 0.15) is 5.75 Å². The Balaban J connectivity index is 2.21. The number of benzene rings is 1. The molecule has 1 aromatic carbocycles. The molecule has 0 heterocycles. The fraction of sp³-hybridized carbons (Fsp3) is 0.462. The van der Waals surface area contributed by atoms with Crippen LogP contribution in [-0.2, 0) is 4.79 Å². The van der Waals surface area contributed by atoms with Gasteiger partial charge in [0.2, 0.25) is 5.91 Å². The van der Waals surface area contributed by atoms with E-state index < -0.39 is 0 Å². The summed E-state index contributed by atoms with van der Waals surface area (Å²) in [6.45, 7) is 2.57. The average molecular weight is 236 g/mol. The van der Waals surface area contributed by atoms with E-state index in [0.29, 0.717) is 19.4 Å². The SMILES string of the molecule is Cc1ccccc1OCCCC(=O)NN(C)C. The van der Waals surface area contributed by atoms with Gasteiger partial charge in [0.05, 0.1) is 6.61 Å². The molecule has 0 saturated heterocycles. The largest absolute Gasteiger partial charge is 0.493 e. The Labute approximate surface area is 103 Å². The molecular formula is C13H20N2O2. The summed E-state index contributed by atoms with van der Waals surface area (Å²) < 4.78 is 5.60. The van der Waals surface area contributed by atoms with Crippen molar-refractivity contribution < 1.29 is 9.53 Å². The number of para-hydroxylation sites is 1. The van der Waals surface area contributed by atoms with Crippen molar-refractivity contribution >= 4 is 5.91 Å². The summed E-state index contributed by atoms with van der Waals surface area (Å²) >= 11 is 0. The molecule has 0 saturated carbocycles. The van der Waals surface area contributed by atoms with Gasteiger partial charge in [0.15, 0.2) is 0 Å². The van der Waals surface area contributed by atoms with E-state index in [2.05, 4.69) is 5.43 Å². The lowest BCUT2D eigenvalue weighted by molar-refractivity contribution is -0.125. The van der Waals surface area contributed by atoms with E-state index in [0.717, 1.165) is 11.3 Å². The van der Waals surface area contributed by atoms with Crippen molar-refractivity contribution in [2.24, 2.45) is 0 Å². The summed E-state index contributed by atoms with van der Waals surface area (Å²) in [6, 6.07) is 7.87. The number of amides is 1. The maximum Gasteiger partial charge on any atom is 0.234 e. The van der Waals surface area contributed by atoms with Crippen LogP contribution in [0.4, 0.5) is 0 Å². The van der Waals surface area contributed by atoms with Crippen LogP contribution in [0.25, 0.3) is 0 Å². The van der Waals surface area contributed by atoms with Gasteiger partial charge in [-0.15, -0.1) is 0 Å². The zero-order valence-electron chi connectivity index (χ0n) is 10.7. The lowest BCUT2D eigenvalue weighted by atomic mass is 10.2. The third kappa shape index (κ3) is 5.36. The monoisotopic (exact) mass is 236 g/mol. The highest BCUT2D eigenvalue weighted by Crippen LogP contribution is 2.16. The van der Waals surface area contributed by atoms with Gasteiger partial charge in [-0.2, -0.15) is 0 Å². The summed E-state index contributed by atoms with van der Waals surface area (Å²) in [5.74, 6) is 0.906. The van der Waals surface area contributed by atoms with Crippen molar-refractivity contribution in [2.45, 2.75) is 19.8 Å². The van der Waals surface area contributed by atoms with Gasteiger partial charge in [-0.25, -0.2) is 5.01 Å². The van der Waals surface area contributed by atoms with Crippen molar-refractivity contribution in [3.63, 3.8) is 0 Å². The lowest BCUT2D eigenvalue weighted by Crippen LogP contribution is -2.36. The minimum atomic E-state index is 0.0170. The molecule has 4 nitrogen and oxygen atoms in total. The summed E-state index contributed by atoms with van der Waals surface area (Å²) in [5.41, 5.74) is 3.81. The summed E-state index contributed by atoms with van der Waals surface area (Å²) in [4.78, 5) is 11.3. The highest BCUT2D eigenvalue weighted by atomic mass is 16.5. The molecule has 0 aliphatic heterocycles. The molecule has 1 amide bonds. The second-order valence-corrected chi connectivity index (χ2v) is 4.15. The third-order valence-corrected chi connectivity index (χ3v) is 2.25. The lowest BCUT2D eigenvalue weighted by Gasteiger charge is -2.12. The molecular weight excluding hydrogens is 216 g/mol. The van der Waals surface area contributed by atoms with Crippen LogP contribution in [0.15, 0.2) is 24.3 Å². The van der Waals surface area contributed by atoms with Crippen LogP contribution in [-0.4, -0.2) is 31.6 Å². The zero-order chi connectivity index (χ0) is 12.7. The Morgan fingerprint density at radius 1 is 1.35 bits per heavy atom. The second-order valence-electron chi connectivity index (χ2n) is 4.15. The van der Waals surface area contributed by atoms with E-state index in [4.69, 9.17) is 4.74 Å². The number of nitrogens with one attached hydrogen (secondary N) is 1. The topological polar surface area (TPSA) is 41.6 Å². The molecule has 94 valence electrons. The van der Waals surface area contributed by atoms with Crippen LogP contribution in [0.5, 0.6) is 5.75 Å². The summed E-state index contributed by atoms with van der Waals surface area (Å²) in [5, 5.41) is 1.64. The molecule has 0 radical (unpaired) electrons. The van der Waals surface area contributed by atoms with Gasteiger partial charge in [-0.3, -0.25) is 10.2 Å². The van der Waals surface area contributed by atoms with Crippen molar-refractivity contribution in [1.29, 1.82) is 0 Å². The van der Waals surface area contributed by atoms with Gasteiger partial charge in [-0.1, -0.05) is 18.2 Å². The predicted octanol–water partition coefficient (Wildman–Crippen LogP) is 1.75. The molecule has 1 aromatic rings. The van der Waals surface area contributed by atoms with Crippen LogP contribution >= 0.6 is 0 Å². The summed E-state index contributed by atoms with van der Waals surface area (Å²) in [7, 11) is 3.59. The van der Waals surface area contributed by atoms with E-state index in [-0.39, 0.29) is 5.91 Å². The molecule has 17 heavy (non-hydrogen) atoms. The molecule has 1 N–H and O–H groups in total. The van der Waals surface area contributed by atoms with Gasteiger partial charge in [-0.05, 0) is 25.0 Å². The van der Waals surface area contributed by atoms with Crippen molar-refractivity contribution in [1.82, 2.24) is 10.4 Å². The number of nitrogens with zero attached hydrogens (tertiary/aromatic N) is 1. The smallest absolute Gasteiger partial charge is 0.234 e. The van der Waals surface area contributed by atoms with Crippen LogP contribution < -0.4 is 10.2 Å². The van der Waals surface area contributed by atoms with E-state index in [9.17, 15) is 4.79 Å². The zero-order valence-corrected chi connectivity index (χ0v) is 10.7. The Hall–Kier alpha value is -1.55. The maximum absolute atomic E-state index is 11.3. The molecule has 1 rings (SSSR count). The van der Waals surface area contributed by atoms with Crippen LogP contribution in [0.2, 0.25) is 0 Å². The number of carbonyl (C=O) groups excluding carboxylic acids is 1. The van der Waals surface area contributed by atoms with Gasteiger partial charge >= 0.3 is 0 Å². The number of rotatable bonds is 6. The molecule has 0 unspecified atom stereocenters. The quantitative estimate of drug-likeness (QED) is 0.604. The predicted molar refractivity (Wildman–Crippen MR) is 67.7 cm³/mol. The molecule has 0 fully saturated rings. The molecule has 0 atom stereocenters. The number of hydrogen-bond donors (Lipinski definition) is 1. The van der Waals surface area contributed by atoms with Crippen LogP contribution in [0.3, 0.4) is 0 Å². The molecule has 0 aliphatic carbocycles. The minimum absolute atomic E-state index is 0.0170. The maximum atomic E-state index is 11.3. The van der Waals surface area contributed by atoms with Crippen molar-refractivity contribution in [2.75, 3.05) is 20.7 Å². The Kier molecular flexibility index (Phi) is 5.49. The molecule has 4 heteroatoms. The first-order valence-corrected chi connectivity index (χ1v) is 5.75. The molecule has 0 bridgehead atoms. The first kappa shape index (κ1) is 13.5. The molecule has 0 spiro atoms. The average Bonchev–Trinajstić information content (AvgIpc) is 2.25. The number of aryl methyl sites for hydroxylation is 1. The number of ether oxygens (including phenoxy) is 1. The molecule has 0 aliphatic rings. The minimum Gasteiger partial charge on any atom is -0.493 e. The normalized spacial score (nSPS) is 10.4. The van der Waals surface area contributed by atoms with Crippen LogP contribution in [0, 0.1) is 6.92 Å². The number of hydrazine groups is 1. The van der Waals surface area contributed by atoms with Gasteiger partial charge in [0, 0.05) is 20.5 Å². The van der Waals surface area contributed by atoms with Gasteiger partial charge in [0.25, 0.3) is 0 Å². The van der Waals surface area contributed by atoms with E-state index in [1.165, 1.54) is 0 Å². The number of carbonyl (C=O) groups is 1. The highest BCUT2D eigenvalue weighted by Gasteiger charge is 2.02. The van der Waals surface area contributed by atoms with Gasteiger partial charge < -0.3 is 4.74 Å². The van der Waals surface area contributed by atoms with E-state index in [1.807, 2.05) is 31.2 Å². The fourth-order valence-electron chi connectivity index (χ4n) is 1.44. The number of hydrogen-bond acceptors (Lipinski definition) is 3. The highest BCUT2D eigenvalue weighted by molar-refractivity contribution is 5.75. The third-order valence-electron chi connectivity index (χ3n) is 2.25.